The number of aromatic nitrogens is 4. The number of aliphatic hydroxyl groups excluding tert-OH is 1. The van der Waals surface area contributed by atoms with Crippen LogP contribution in [-0.2, 0) is 15.3 Å². The molecule has 248 valence electrons. The Morgan fingerprint density at radius 1 is 1.06 bits per heavy atom. The van der Waals surface area contributed by atoms with Gasteiger partial charge in [-0.15, -0.1) is 10.2 Å². The molecule has 1 unspecified atom stereocenters. The molecule has 1 saturated heterocycles. The van der Waals surface area contributed by atoms with Gasteiger partial charge in [0.1, 0.15) is 11.3 Å². The highest BCUT2D eigenvalue weighted by atomic mass is 35.5. The van der Waals surface area contributed by atoms with Gasteiger partial charge in [-0.05, 0) is 67.6 Å². The van der Waals surface area contributed by atoms with E-state index in [1.165, 1.54) is 28.0 Å². The second kappa shape index (κ2) is 14.4. The molecule has 1 amide bonds. The molecule has 0 aliphatic carbocycles. The van der Waals surface area contributed by atoms with E-state index in [-0.39, 0.29) is 16.5 Å². The third kappa shape index (κ3) is 6.65. The van der Waals surface area contributed by atoms with Crippen molar-refractivity contribution in [3.63, 3.8) is 0 Å². The van der Waals surface area contributed by atoms with Crippen LogP contribution in [-0.4, -0.2) is 49.6 Å². The van der Waals surface area contributed by atoms with E-state index < -0.39 is 17.7 Å². The molecule has 1 aliphatic heterocycles. The lowest BCUT2D eigenvalue weighted by Gasteiger charge is -2.24. The number of rotatable bonds is 12. The number of Topliss-reactive ketones (excluding diaryl/α,β-unsaturated/α-hetero) is 1. The third-order valence-corrected chi connectivity index (χ3v) is 10.3. The zero-order valence-corrected chi connectivity index (χ0v) is 29.2. The van der Waals surface area contributed by atoms with Crippen LogP contribution >= 0.6 is 34.7 Å². The van der Waals surface area contributed by atoms with E-state index in [0.29, 0.717) is 68.3 Å². The Bertz CT molecular complexity index is 2020. The summed E-state index contributed by atoms with van der Waals surface area (Å²) in [7, 11) is 0. The number of hydrogen-bond donors (Lipinski definition) is 1. The molecular weight excluding hydrogens is 670 g/mol. The summed E-state index contributed by atoms with van der Waals surface area (Å²) >= 11 is 8.96. The molecule has 1 aliphatic rings. The Balaban J connectivity index is 1.45. The van der Waals surface area contributed by atoms with E-state index in [9.17, 15) is 14.7 Å². The highest BCUT2D eigenvalue weighted by Crippen LogP contribution is 2.46. The number of nitrogens with zero attached hydrogens (tertiary/aromatic N) is 5. The fourth-order valence-electron chi connectivity index (χ4n) is 5.47. The number of aryl methyl sites for hydroxylation is 1. The maximum atomic E-state index is 13.9. The van der Waals surface area contributed by atoms with E-state index in [2.05, 4.69) is 29.0 Å². The van der Waals surface area contributed by atoms with E-state index in [1.807, 2.05) is 37.3 Å². The van der Waals surface area contributed by atoms with Gasteiger partial charge in [-0.3, -0.25) is 18.9 Å². The maximum Gasteiger partial charge on any atom is 0.301 e. The van der Waals surface area contributed by atoms with Gasteiger partial charge in [-0.2, -0.15) is 0 Å². The highest BCUT2D eigenvalue weighted by molar-refractivity contribution is 8.00. The molecule has 3 aromatic heterocycles. The van der Waals surface area contributed by atoms with E-state index in [0.717, 1.165) is 12.0 Å². The molecule has 1 N–H and O–H groups in total. The summed E-state index contributed by atoms with van der Waals surface area (Å²) in [5, 5.41) is 21.4. The van der Waals surface area contributed by atoms with E-state index in [1.54, 1.807) is 47.9 Å². The summed E-state index contributed by atoms with van der Waals surface area (Å²) in [6, 6.07) is 17.2. The fraction of sp³-hybridized carbons (Fsp3) is 0.286. The summed E-state index contributed by atoms with van der Waals surface area (Å²) in [6.45, 7) is 8.73. The Morgan fingerprint density at radius 3 is 2.62 bits per heavy atom. The van der Waals surface area contributed by atoms with E-state index >= 15 is 0 Å². The number of thioether (sulfide) groups is 1. The van der Waals surface area contributed by atoms with Crippen molar-refractivity contribution in [2.75, 3.05) is 18.1 Å². The van der Waals surface area contributed by atoms with Crippen LogP contribution in [0.5, 0.6) is 11.5 Å². The van der Waals surface area contributed by atoms with Gasteiger partial charge in [0.25, 0.3) is 5.78 Å². The highest BCUT2D eigenvalue weighted by Gasteiger charge is 2.49. The number of aliphatic hydroxyl groups is 1. The number of carbonyl (C=O) groups excluding carboxylic acids is 2. The SMILES string of the molecule is CCOc1cc(C2/C(=C(\O)c3c(C)nc4ccccn34)C(=O)C(=O)N2c2nnc(SCc3ccccc3Cl)s2)ccc1OCCC(C)C. The van der Waals surface area contributed by atoms with Gasteiger partial charge in [-0.1, -0.05) is 78.9 Å². The minimum atomic E-state index is -1.04. The average Bonchev–Trinajstić information content (AvgIpc) is 3.74. The van der Waals surface area contributed by atoms with Crippen LogP contribution in [0, 0.1) is 12.8 Å². The van der Waals surface area contributed by atoms with Gasteiger partial charge in [0, 0.05) is 17.0 Å². The molecule has 0 saturated carbocycles. The van der Waals surface area contributed by atoms with Crippen LogP contribution in [0.4, 0.5) is 5.13 Å². The molecule has 6 rings (SSSR count). The van der Waals surface area contributed by atoms with Crippen molar-refractivity contribution in [1.29, 1.82) is 0 Å². The summed E-state index contributed by atoms with van der Waals surface area (Å²) in [6.07, 6.45) is 2.61. The zero-order chi connectivity index (χ0) is 33.9. The second-order valence-corrected chi connectivity index (χ2v) is 14.1. The number of hydrogen-bond acceptors (Lipinski definition) is 10. The standard InChI is InChI=1S/C35H34ClN5O5S2/c1-5-45-26-18-22(13-14-25(26)46-17-15-20(2)3)30-28(31(42)29-21(4)37-27-12-8-9-16-40(27)29)32(43)33(44)41(30)34-38-39-35(48-34)47-19-23-10-6-7-11-24(23)36/h6-14,16,18,20,30,42H,5,15,17,19H2,1-4H3/b31-28+. The van der Waals surface area contributed by atoms with Crippen LogP contribution in [0.1, 0.15) is 55.7 Å². The number of anilines is 1. The summed E-state index contributed by atoms with van der Waals surface area (Å²) < 4.78 is 14.3. The van der Waals surface area contributed by atoms with Crippen molar-refractivity contribution in [2.24, 2.45) is 5.92 Å². The number of amides is 1. The Labute approximate surface area is 291 Å². The first-order valence-corrected chi connectivity index (χ1v) is 17.7. The number of fused-ring (bicyclic) bond motifs is 1. The van der Waals surface area contributed by atoms with Crippen LogP contribution < -0.4 is 14.4 Å². The number of halogens is 1. The Morgan fingerprint density at radius 2 is 1.85 bits per heavy atom. The lowest BCUT2D eigenvalue weighted by atomic mass is 9.96. The minimum absolute atomic E-state index is 0.0925. The topological polar surface area (TPSA) is 119 Å². The Hall–Kier alpha value is -4.39. The van der Waals surface area contributed by atoms with Crippen molar-refractivity contribution in [1.82, 2.24) is 19.6 Å². The molecule has 48 heavy (non-hydrogen) atoms. The molecule has 10 nitrogen and oxygen atoms in total. The average molecular weight is 704 g/mol. The van der Waals surface area contributed by atoms with Gasteiger partial charge in [0.15, 0.2) is 21.6 Å². The molecular formula is C35H34ClN5O5S2. The van der Waals surface area contributed by atoms with Crippen LogP contribution in [0.3, 0.4) is 0 Å². The predicted octanol–water partition coefficient (Wildman–Crippen LogP) is 7.89. The van der Waals surface area contributed by atoms with Crippen molar-refractivity contribution in [2.45, 2.75) is 50.3 Å². The fourth-order valence-corrected chi connectivity index (χ4v) is 7.62. The normalized spacial score (nSPS) is 16.0. The third-order valence-electron chi connectivity index (χ3n) is 7.82. The summed E-state index contributed by atoms with van der Waals surface area (Å²) in [4.78, 5) is 33.7. The molecule has 0 spiro atoms. The lowest BCUT2D eigenvalue weighted by Crippen LogP contribution is -2.29. The molecule has 2 aromatic carbocycles. The van der Waals surface area contributed by atoms with Gasteiger partial charge in [0.05, 0.1) is 30.5 Å². The monoisotopic (exact) mass is 703 g/mol. The van der Waals surface area contributed by atoms with Crippen molar-refractivity contribution in [3.8, 4) is 11.5 Å². The summed E-state index contributed by atoms with van der Waals surface area (Å²) in [5.74, 6) is -0.0124. The smallest absolute Gasteiger partial charge is 0.301 e. The van der Waals surface area contributed by atoms with Gasteiger partial charge in [0.2, 0.25) is 5.13 Å². The van der Waals surface area contributed by atoms with Gasteiger partial charge >= 0.3 is 5.91 Å². The minimum Gasteiger partial charge on any atom is -0.505 e. The van der Waals surface area contributed by atoms with E-state index in [4.69, 9.17) is 21.1 Å². The zero-order valence-electron chi connectivity index (χ0n) is 26.8. The number of pyridine rings is 1. The number of carbonyl (C=O) groups is 2. The van der Waals surface area contributed by atoms with Crippen molar-refractivity contribution in [3.05, 3.63) is 100.0 Å². The van der Waals surface area contributed by atoms with Crippen LogP contribution in [0.2, 0.25) is 5.02 Å². The quantitative estimate of drug-likeness (QED) is 0.0455. The maximum absolute atomic E-state index is 13.9. The largest absolute Gasteiger partial charge is 0.505 e. The van der Waals surface area contributed by atoms with Crippen LogP contribution in [0.25, 0.3) is 11.4 Å². The molecule has 4 heterocycles. The molecule has 0 bridgehead atoms. The first-order chi connectivity index (χ1) is 23.2. The number of benzene rings is 2. The second-order valence-electron chi connectivity index (χ2n) is 11.5. The summed E-state index contributed by atoms with van der Waals surface area (Å²) in [5.41, 5.74) is 2.78. The van der Waals surface area contributed by atoms with Crippen LogP contribution in [0.15, 0.2) is 76.8 Å². The molecule has 1 atom stereocenters. The molecule has 1 fully saturated rings. The molecule has 5 aromatic rings. The van der Waals surface area contributed by atoms with Crippen molar-refractivity contribution < 1.29 is 24.2 Å². The first-order valence-electron chi connectivity index (χ1n) is 15.5. The van der Waals surface area contributed by atoms with Crippen molar-refractivity contribution >= 4 is 62.9 Å². The predicted molar refractivity (Wildman–Crippen MR) is 188 cm³/mol. The molecule has 13 heteroatoms. The first kappa shape index (κ1) is 33.5. The van der Waals surface area contributed by atoms with Gasteiger partial charge < -0.3 is 14.6 Å². The number of ether oxygens (including phenoxy) is 2. The molecule has 0 radical (unpaired) electrons. The lowest BCUT2D eigenvalue weighted by molar-refractivity contribution is -0.132. The number of ketones is 1. The number of imidazole rings is 1. The van der Waals surface area contributed by atoms with Gasteiger partial charge in [-0.25, -0.2) is 4.98 Å². The Kier molecular flexibility index (Phi) is 10.0.